The predicted octanol–water partition coefficient (Wildman–Crippen LogP) is 3.15. The zero-order valence-corrected chi connectivity index (χ0v) is 11.2. The van der Waals surface area contributed by atoms with Crippen molar-refractivity contribution < 1.29 is 13.9 Å². The SMILES string of the molecule is CCOc1ccccc1OC(c1ccco1)C(C)N. The van der Waals surface area contributed by atoms with Crippen LogP contribution >= 0.6 is 0 Å². The first-order valence-corrected chi connectivity index (χ1v) is 6.39. The van der Waals surface area contributed by atoms with E-state index in [1.54, 1.807) is 6.26 Å². The van der Waals surface area contributed by atoms with E-state index in [9.17, 15) is 0 Å². The van der Waals surface area contributed by atoms with Gasteiger partial charge in [-0.2, -0.15) is 0 Å². The van der Waals surface area contributed by atoms with Gasteiger partial charge in [-0.15, -0.1) is 0 Å². The van der Waals surface area contributed by atoms with Gasteiger partial charge in [-0.3, -0.25) is 0 Å². The molecular weight excluding hydrogens is 242 g/mol. The molecular formula is C15H19NO3. The van der Waals surface area contributed by atoms with Gasteiger partial charge in [0.05, 0.1) is 12.9 Å². The summed E-state index contributed by atoms with van der Waals surface area (Å²) in [5.41, 5.74) is 5.97. The van der Waals surface area contributed by atoms with Crippen molar-refractivity contribution in [2.75, 3.05) is 6.61 Å². The van der Waals surface area contributed by atoms with Gasteiger partial charge in [0.15, 0.2) is 17.6 Å². The molecule has 2 atom stereocenters. The predicted molar refractivity (Wildman–Crippen MR) is 73.3 cm³/mol. The van der Waals surface area contributed by atoms with Gasteiger partial charge in [-0.1, -0.05) is 12.1 Å². The Bertz CT molecular complexity index is 494. The Balaban J connectivity index is 2.22. The van der Waals surface area contributed by atoms with Crippen molar-refractivity contribution in [1.29, 1.82) is 0 Å². The van der Waals surface area contributed by atoms with Crippen LogP contribution in [0.4, 0.5) is 0 Å². The van der Waals surface area contributed by atoms with Gasteiger partial charge in [0.25, 0.3) is 0 Å². The molecule has 0 amide bonds. The molecule has 2 N–H and O–H groups in total. The van der Waals surface area contributed by atoms with E-state index in [2.05, 4.69) is 0 Å². The van der Waals surface area contributed by atoms with E-state index in [0.29, 0.717) is 23.9 Å². The fourth-order valence-electron chi connectivity index (χ4n) is 1.84. The fraction of sp³-hybridized carbons (Fsp3) is 0.333. The van der Waals surface area contributed by atoms with Crippen molar-refractivity contribution in [1.82, 2.24) is 0 Å². The summed E-state index contributed by atoms with van der Waals surface area (Å²) < 4.78 is 16.9. The summed E-state index contributed by atoms with van der Waals surface area (Å²) in [4.78, 5) is 0. The van der Waals surface area contributed by atoms with Crippen LogP contribution in [-0.2, 0) is 0 Å². The molecule has 4 nitrogen and oxygen atoms in total. The standard InChI is InChI=1S/C15H19NO3/c1-3-17-12-7-4-5-8-13(12)19-15(11(2)16)14-9-6-10-18-14/h4-11,15H,3,16H2,1-2H3. The molecule has 0 bridgehead atoms. The van der Waals surface area contributed by atoms with Crippen molar-refractivity contribution in [2.45, 2.75) is 26.0 Å². The molecule has 1 aromatic carbocycles. The van der Waals surface area contributed by atoms with Crippen LogP contribution in [0.2, 0.25) is 0 Å². The summed E-state index contributed by atoms with van der Waals surface area (Å²) in [6.45, 7) is 4.41. The Labute approximate surface area is 113 Å². The molecule has 2 rings (SSSR count). The van der Waals surface area contributed by atoms with Gasteiger partial charge in [0, 0.05) is 6.04 Å². The number of nitrogens with two attached hydrogens (primary N) is 1. The highest BCUT2D eigenvalue weighted by atomic mass is 16.5. The average molecular weight is 261 g/mol. The molecule has 0 fully saturated rings. The second-order valence-corrected chi connectivity index (χ2v) is 4.29. The molecule has 0 aliphatic heterocycles. The van der Waals surface area contributed by atoms with Crippen LogP contribution in [0.5, 0.6) is 11.5 Å². The largest absolute Gasteiger partial charge is 0.490 e. The normalized spacial score (nSPS) is 13.8. The Kier molecular flexibility index (Phi) is 4.47. The minimum Gasteiger partial charge on any atom is -0.490 e. The Morgan fingerprint density at radius 2 is 1.89 bits per heavy atom. The molecule has 0 saturated heterocycles. The van der Waals surface area contributed by atoms with E-state index < -0.39 is 0 Å². The van der Waals surface area contributed by atoms with Gasteiger partial charge in [-0.25, -0.2) is 0 Å². The van der Waals surface area contributed by atoms with Gasteiger partial charge >= 0.3 is 0 Å². The van der Waals surface area contributed by atoms with Crippen molar-refractivity contribution in [2.24, 2.45) is 5.73 Å². The first-order valence-electron chi connectivity index (χ1n) is 6.39. The molecule has 1 heterocycles. The summed E-state index contributed by atoms with van der Waals surface area (Å²) in [6.07, 6.45) is 1.28. The molecule has 102 valence electrons. The lowest BCUT2D eigenvalue weighted by Crippen LogP contribution is -2.28. The zero-order chi connectivity index (χ0) is 13.7. The van der Waals surface area contributed by atoms with Crippen LogP contribution in [0.15, 0.2) is 47.1 Å². The van der Waals surface area contributed by atoms with Gasteiger partial charge in [-0.05, 0) is 38.1 Å². The average Bonchev–Trinajstić information content (AvgIpc) is 2.91. The molecule has 0 aliphatic rings. The molecule has 2 unspecified atom stereocenters. The third-order valence-electron chi connectivity index (χ3n) is 2.70. The maximum absolute atomic E-state index is 5.97. The number of hydrogen-bond acceptors (Lipinski definition) is 4. The van der Waals surface area contributed by atoms with Crippen molar-refractivity contribution >= 4 is 0 Å². The maximum atomic E-state index is 5.97. The highest BCUT2D eigenvalue weighted by Crippen LogP contribution is 2.32. The summed E-state index contributed by atoms with van der Waals surface area (Å²) in [5, 5.41) is 0. The van der Waals surface area contributed by atoms with E-state index in [0.717, 1.165) is 0 Å². The summed E-state index contributed by atoms with van der Waals surface area (Å²) in [6, 6.07) is 11.0. The van der Waals surface area contributed by atoms with Crippen LogP contribution in [0.25, 0.3) is 0 Å². The minimum absolute atomic E-state index is 0.194. The Hall–Kier alpha value is -1.94. The third-order valence-corrected chi connectivity index (χ3v) is 2.70. The summed E-state index contributed by atoms with van der Waals surface area (Å²) in [7, 11) is 0. The molecule has 1 aromatic heterocycles. The van der Waals surface area contributed by atoms with Crippen molar-refractivity contribution in [3.05, 3.63) is 48.4 Å². The number of hydrogen-bond donors (Lipinski definition) is 1. The number of ether oxygens (including phenoxy) is 2. The maximum Gasteiger partial charge on any atom is 0.171 e. The van der Waals surface area contributed by atoms with Crippen LogP contribution < -0.4 is 15.2 Å². The zero-order valence-electron chi connectivity index (χ0n) is 11.2. The molecule has 19 heavy (non-hydrogen) atoms. The van der Waals surface area contributed by atoms with Crippen molar-refractivity contribution in [3.8, 4) is 11.5 Å². The number of rotatable bonds is 6. The second kappa shape index (κ2) is 6.29. The van der Waals surface area contributed by atoms with E-state index in [4.69, 9.17) is 19.6 Å². The molecule has 0 aliphatic carbocycles. The molecule has 4 heteroatoms. The van der Waals surface area contributed by atoms with E-state index in [-0.39, 0.29) is 12.1 Å². The van der Waals surface area contributed by atoms with Crippen LogP contribution in [-0.4, -0.2) is 12.6 Å². The highest BCUT2D eigenvalue weighted by Gasteiger charge is 2.22. The smallest absolute Gasteiger partial charge is 0.171 e. The summed E-state index contributed by atoms with van der Waals surface area (Å²) in [5.74, 6) is 2.09. The number of para-hydroxylation sites is 2. The topological polar surface area (TPSA) is 57.6 Å². The summed E-state index contributed by atoms with van der Waals surface area (Å²) >= 11 is 0. The lowest BCUT2D eigenvalue weighted by molar-refractivity contribution is 0.146. The highest BCUT2D eigenvalue weighted by molar-refractivity contribution is 5.39. The number of furan rings is 1. The third kappa shape index (κ3) is 3.29. The van der Waals surface area contributed by atoms with Gasteiger partial charge < -0.3 is 19.6 Å². The first kappa shape index (κ1) is 13.5. The molecule has 2 aromatic rings. The lowest BCUT2D eigenvalue weighted by atomic mass is 10.1. The molecule has 0 spiro atoms. The van der Waals surface area contributed by atoms with E-state index in [1.165, 1.54) is 0 Å². The monoisotopic (exact) mass is 261 g/mol. The first-order chi connectivity index (χ1) is 9.22. The second-order valence-electron chi connectivity index (χ2n) is 4.29. The molecule has 0 saturated carbocycles. The van der Waals surface area contributed by atoms with E-state index >= 15 is 0 Å². The van der Waals surface area contributed by atoms with Gasteiger partial charge in [0.2, 0.25) is 0 Å². The quantitative estimate of drug-likeness (QED) is 0.867. The fourth-order valence-corrected chi connectivity index (χ4v) is 1.84. The number of benzene rings is 1. The van der Waals surface area contributed by atoms with Crippen molar-refractivity contribution in [3.63, 3.8) is 0 Å². The van der Waals surface area contributed by atoms with Gasteiger partial charge in [0.1, 0.15) is 5.76 Å². The van der Waals surface area contributed by atoms with E-state index in [1.807, 2.05) is 50.2 Å². The van der Waals surface area contributed by atoms with Crippen LogP contribution in [0.1, 0.15) is 25.7 Å². The Morgan fingerprint density at radius 1 is 1.16 bits per heavy atom. The lowest BCUT2D eigenvalue weighted by Gasteiger charge is -2.22. The molecule has 0 radical (unpaired) electrons. The minimum atomic E-state index is -0.336. The Morgan fingerprint density at radius 3 is 2.47 bits per heavy atom. The van der Waals surface area contributed by atoms with Crippen LogP contribution in [0, 0.1) is 0 Å². The van der Waals surface area contributed by atoms with Crippen LogP contribution in [0.3, 0.4) is 0 Å².